The van der Waals surface area contributed by atoms with Gasteiger partial charge in [-0.25, -0.2) is 0 Å². The summed E-state index contributed by atoms with van der Waals surface area (Å²) in [6, 6.07) is 0. The molecule has 8 heavy (non-hydrogen) atoms. The van der Waals surface area contributed by atoms with Crippen molar-refractivity contribution in [2.24, 2.45) is 5.73 Å². The molecule has 0 radical (unpaired) electrons. The molecule has 0 aromatic heterocycles. The molecule has 0 saturated heterocycles. The Bertz CT molecular complexity index is 96.7. The van der Waals surface area contributed by atoms with Gasteiger partial charge < -0.3 is 10.5 Å². The van der Waals surface area contributed by atoms with Gasteiger partial charge in [0.2, 0.25) is 0 Å². The molecule has 0 amide bonds. The van der Waals surface area contributed by atoms with Gasteiger partial charge in [-0.1, -0.05) is 12.7 Å². The van der Waals surface area contributed by atoms with E-state index in [4.69, 9.17) is 10.5 Å². The molecule has 0 unspecified atom stereocenters. The lowest BCUT2D eigenvalue weighted by Gasteiger charge is -1.86. The van der Waals surface area contributed by atoms with Crippen LogP contribution in [0.15, 0.2) is 24.4 Å². The second-order valence-electron chi connectivity index (χ2n) is 1.43. The molecular formula is C6H11NO. The summed E-state index contributed by atoms with van der Waals surface area (Å²) < 4.78 is 4.71. The summed E-state index contributed by atoms with van der Waals surface area (Å²) >= 11 is 0. The smallest absolute Gasteiger partial charge is 0.0647 e. The number of allylic oxidation sites excluding steroid dienone is 1. The van der Waals surface area contributed by atoms with E-state index in [1.54, 1.807) is 13.2 Å². The monoisotopic (exact) mass is 113 g/mol. The molecule has 0 atom stereocenters. The highest BCUT2D eigenvalue weighted by atomic mass is 16.5. The Morgan fingerprint density at radius 2 is 2.50 bits per heavy atom. The van der Waals surface area contributed by atoms with E-state index in [-0.39, 0.29) is 0 Å². The van der Waals surface area contributed by atoms with Gasteiger partial charge in [0.1, 0.15) is 0 Å². The maximum Gasteiger partial charge on any atom is 0.0647 e. The van der Waals surface area contributed by atoms with E-state index in [1.165, 1.54) is 0 Å². The largest absolute Gasteiger partial charge is 0.399 e. The van der Waals surface area contributed by atoms with Gasteiger partial charge in [0.15, 0.2) is 0 Å². The van der Waals surface area contributed by atoms with Gasteiger partial charge in [-0.2, -0.15) is 0 Å². The molecule has 0 heterocycles. The van der Waals surface area contributed by atoms with Crippen molar-refractivity contribution in [3.63, 3.8) is 0 Å². The minimum atomic E-state index is 0.557. The summed E-state index contributed by atoms with van der Waals surface area (Å²) in [6.45, 7) is 4.06. The maximum absolute atomic E-state index is 5.20. The number of rotatable bonds is 3. The second-order valence-corrected chi connectivity index (χ2v) is 1.43. The SMILES string of the molecule is C=C(N)/C=C/COC. The standard InChI is InChI=1S/C6H11NO/c1-6(7)4-3-5-8-2/h3-4H,1,5,7H2,2H3/b4-3+. The first-order chi connectivity index (χ1) is 3.77. The predicted octanol–water partition coefficient (Wildman–Crippen LogP) is 0.661. The zero-order chi connectivity index (χ0) is 6.41. The average molecular weight is 113 g/mol. The Labute approximate surface area is 49.6 Å². The van der Waals surface area contributed by atoms with Gasteiger partial charge in [-0.15, -0.1) is 0 Å². The third-order valence-corrected chi connectivity index (χ3v) is 0.595. The topological polar surface area (TPSA) is 35.2 Å². The first kappa shape index (κ1) is 7.24. The number of hydrogen-bond acceptors (Lipinski definition) is 2. The molecule has 0 aliphatic carbocycles. The summed E-state index contributed by atoms with van der Waals surface area (Å²) in [6.07, 6.45) is 3.52. The molecular weight excluding hydrogens is 102 g/mol. The van der Waals surface area contributed by atoms with Gasteiger partial charge in [-0.3, -0.25) is 0 Å². The highest BCUT2D eigenvalue weighted by Crippen LogP contribution is 1.79. The van der Waals surface area contributed by atoms with Crippen LogP contribution in [0.3, 0.4) is 0 Å². The van der Waals surface area contributed by atoms with Gasteiger partial charge in [0.25, 0.3) is 0 Å². The second kappa shape index (κ2) is 4.40. The van der Waals surface area contributed by atoms with Crippen LogP contribution >= 0.6 is 0 Å². The van der Waals surface area contributed by atoms with Crippen LogP contribution in [0.2, 0.25) is 0 Å². The third kappa shape index (κ3) is 5.24. The van der Waals surface area contributed by atoms with Crippen LogP contribution in [0.5, 0.6) is 0 Å². The molecule has 0 rings (SSSR count). The van der Waals surface area contributed by atoms with E-state index in [1.807, 2.05) is 6.08 Å². The zero-order valence-electron chi connectivity index (χ0n) is 5.05. The van der Waals surface area contributed by atoms with Crippen molar-refractivity contribution in [3.05, 3.63) is 24.4 Å². The van der Waals surface area contributed by atoms with Crippen LogP contribution in [-0.4, -0.2) is 13.7 Å². The fourth-order valence-electron chi connectivity index (χ4n) is 0.296. The van der Waals surface area contributed by atoms with Crippen molar-refractivity contribution < 1.29 is 4.74 Å². The minimum absolute atomic E-state index is 0.557. The highest BCUT2D eigenvalue weighted by Gasteiger charge is 1.71. The molecule has 0 aromatic carbocycles. The Hall–Kier alpha value is -0.760. The molecule has 0 bridgehead atoms. The normalized spacial score (nSPS) is 10.1. The summed E-state index contributed by atoms with van der Waals surface area (Å²) in [5.41, 5.74) is 5.75. The number of ether oxygens (including phenoxy) is 1. The van der Waals surface area contributed by atoms with Crippen LogP contribution in [0.1, 0.15) is 0 Å². The van der Waals surface area contributed by atoms with Crippen molar-refractivity contribution in [1.29, 1.82) is 0 Å². The minimum Gasteiger partial charge on any atom is -0.399 e. The quantitative estimate of drug-likeness (QED) is 0.546. The Balaban J connectivity index is 3.20. The summed E-state index contributed by atoms with van der Waals surface area (Å²) in [5.74, 6) is 0. The van der Waals surface area contributed by atoms with Crippen LogP contribution < -0.4 is 5.73 Å². The third-order valence-electron chi connectivity index (χ3n) is 0.595. The molecule has 0 aromatic rings. The highest BCUT2D eigenvalue weighted by molar-refractivity contribution is 5.09. The van der Waals surface area contributed by atoms with Gasteiger partial charge >= 0.3 is 0 Å². The number of nitrogens with two attached hydrogens (primary N) is 1. The number of methoxy groups -OCH3 is 1. The molecule has 0 aliphatic heterocycles. The van der Waals surface area contributed by atoms with Gasteiger partial charge in [0.05, 0.1) is 6.61 Å². The Morgan fingerprint density at radius 3 is 2.88 bits per heavy atom. The van der Waals surface area contributed by atoms with Gasteiger partial charge in [-0.05, 0) is 6.08 Å². The van der Waals surface area contributed by atoms with Crippen LogP contribution in [0.4, 0.5) is 0 Å². The number of hydrogen-bond donors (Lipinski definition) is 1. The lowest BCUT2D eigenvalue weighted by molar-refractivity contribution is 0.234. The molecule has 46 valence electrons. The van der Waals surface area contributed by atoms with E-state index in [9.17, 15) is 0 Å². The van der Waals surface area contributed by atoms with Crippen LogP contribution in [0, 0.1) is 0 Å². The van der Waals surface area contributed by atoms with E-state index in [0.717, 1.165) is 0 Å². The van der Waals surface area contributed by atoms with Crippen molar-refractivity contribution in [3.8, 4) is 0 Å². The summed E-state index contributed by atoms with van der Waals surface area (Å²) in [7, 11) is 1.63. The van der Waals surface area contributed by atoms with E-state index in [2.05, 4.69) is 6.58 Å². The fourth-order valence-corrected chi connectivity index (χ4v) is 0.296. The maximum atomic E-state index is 5.20. The molecule has 0 aliphatic rings. The van der Waals surface area contributed by atoms with Crippen LogP contribution in [0.25, 0.3) is 0 Å². The van der Waals surface area contributed by atoms with Crippen molar-refractivity contribution in [2.45, 2.75) is 0 Å². The predicted molar refractivity (Wildman–Crippen MR) is 34.3 cm³/mol. The van der Waals surface area contributed by atoms with E-state index < -0.39 is 0 Å². The van der Waals surface area contributed by atoms with E-state index in [0.29, 0.717) is 12.3 Å². The Kier molecular flexibility index (Phi) is 3.98. The van der Waals surface area contributed by atoms with Crippen molar-refractivity contribution in [2.75, 3.05) is 13.7 Å². The molecule has 2 nitrogen and oxygen atoms in total. The average Bonchev–Trinajstić information content (AvgIpc) is 1.66. The zero-order valence-corrected chi connectivity index (χ0v) is 5.05. The molecule has 2 N–H and O–H groups in total. The lowest BCUT2D eigenvalue weighted by Crippen LogP contribution is -1.89. The molecule has 0 saturated carbocycles. The Morgan fingerprint density at radius 1 is 1.88 bits per heavy atom. The van der Waals surface area contributed by atoms with Crippen molar-refractivity contribution >= 4 is 0 Å². The molecule has 0 fully saturated rings. The fraction of sp³-hybridized carbons (Fsp3) is 0.333. The molecule has 0 spiro atoms. The first-order valence-electron chi connectivity index (χ1n) is 2.37. The van der Waals surface area contributed by atoms with Crippen molar-refractivity contribution in [1.82, 2.24) is 0 Å². The summed E-state index contributed by atoms with van der Waals surface area (Å²) in [5, 5.41) is 0. The van der Waals surface area contributed by atoms with Gasteiger partial charge in [0, 0.05) is 12.8 Å². The molecule has 2 heteroatoms. The van der Waals surface area contributed by atoms with E-state index >= 15 is 0 Å². The first-order valence-corrected chi connectivity index (χ1v) is 2.37. The lowest BCUT2D eigenvalue weighted by atomic mass is 10.4. The van der Waals surface area contributed by atoms with Crippen LogP contribution in [-0.2, 0) is 4.74 Å². The summed E-state index contributed by atoms with van der Waals surface area (Å²) in [4.78, 5) is 0.